The number of aromatic nitrogens is 2. The zero-order valence-corrected chi connectivity index (χ0v) is 20.0. The fourth-order valence-electron chi connectivity index (χ4n) is 2.50. The van der Waals surface area contributed by atoms with Gasteiger partial charge in [0.25, 0.3) is 0 Å². The minimum absolute atomic E-state index is 0.0860. The molecule has 34 heavy (non-hydrogen) atoms. The highest BCUT2D eigenvalue weighted by atomic mass is 16.5. The minimum atomic E-state index is -0.483. The van der Waals surface area contributed by atoms with E-state index < -0.39 is 11.9 Å². The number of imidazole rings is 1. The summed E-state index contributed by atoms with van der Waals surface area (Å²) in [5, 5.41) is 5.33. The summed E-state index contributed by atoms with van der Waals surface area (Å²) in [6.45, 7) is 12.5. The summed E-state index contributed by atoms with van der Waals surface area (Å²) < 4.78 is 18.9. The van der Waals surface area contributed by atoms with Crippen molar-refractivity contribution in [2.75, 3.05) is 32.9 Å². The van der Waals surface area contributed by atoms with Gasteiger partial charge in [-0.25, -0.2) is 23.5 Å². The van der Waals surface area contributed by atoms with Crippen LogP contribution in [0.5, 0.6) is 0 Å². The Morgan fingerprint density at radius 3 is 2.21 bits per heavy atom. The lowest BCUT2D eigenvalue weighted by Gasteiger charge is -2.07. The van der Waals surface area contributed by atoms with Crippen LogP contribution in [0.3, 0.4) is 0 Å². The van der Waals surface area contributed by atoms with Crippen molar-refractivity contribution >= 4 is 23.9 Å². The molecule has 11 nitrogen and oxygen atoms in total. The lowest BCUT2D eigenvalue weighted by molar-refractivity contribution is -0.696. The fraction of sp³-hybridized carbons (Fsp3) is 0.522. The number of carbonyl (C=O) groups is 4. The summed E-state index contributed by atoms with van der Waals surface area (Å²) in [5.74, 6) is -1.29. The first-order valence-electron chi connectivity index (χ1n) is 11.1. The largest absolute Gasteiger partial charge is 0.462 e. The van der Waals surface area contributed by atoms with Gasteiger partial charge < -0.3 is 24.8 Å². The van der Waals surface area contributed by atoms with Crippen LogP contribution in [0.1, 0.15) is 33.1 Å². The molecule has 0 aliphatic heterocycles. The fourth-order valence-corrected chi connectivity index (χ4v) is 2.50. The van der Waals surface area contributed by atoms with E-state index >= 15 is 0 Å². The highest BCUT2D eigenvalue weighted by Gasteiger charge is 2.09. The van der Waals surface area contributed by atoms with Gasteiger partial charge in [-0.3, -0.25) is 4.79 Å². The molecule has 11 heteroatoms. The van der Waals surface area contributed by atoms with Crippen molar-refractivity contribution in [2.24, 2.45) is 0 Å². The molecule has 0 unspecified atom stereocenters. The van der Waals surface area contributed by atoms with E-state index in [4.69, 9.17) is 14.2 Å². The second-order valence-corrected chi connectivity index (χ2v) is 7.58. The molecule has 1 aromatic rings. The van der Waals surface area contributed by atoms with E-state index in [1.165, 1.54) is 0 Å². The Morgan fingerprint density at radius 2 is 1.53 bits per heavy atom. The van der Waals surface area contributed by atoms with Crippen LogP contribution in [0.2, 0.25) is 0 Å². The minimum Gasteiger partial charge on any atom is -0.462 e. The van der Waals surface area contributed by atoms with Crippen molar-refractivity contribution in [1.82, 2.24) is 15.2 Å². The van der Waals surface area contributed by atoms with Gasteiger partial charge in [0, 0.05) is 30.5 Å². The molecule has 1 aromatic heterocycles. The van der Waals surface area contributed by atoms with Crippen molar-refractivity contribution in [3.8, 4) is 0 Å². The van der Waals surface area contributed by atoms with Crippen LogP contribution >= 0.6 is 0 Å². The van der Waals surface area contributed by atoms with Gasteiger partial charge in [0.15, 0.2) is 0 Å². The molecule has 2 amide bonds. The summed E-state index contributed by atoms with van der Waals surface area (Å²) in [5.41, 5.74) is 0.636. The maximum absolute atomic E-state index is 11.7. The summed E-state index contributed by atoms with van der Waals surface area (Å²) in [6, 6.07) is -0.329. The molecule has 0 aromatic carbocycles. The molecule has 1 heterocycles. The summed E-state index contributed by atoms with van der Waals surface area (Å²) >= 11 is 0. The Morgan fingerprint density at radius 1 is 0.882 bits per heavy atom. The zero-order valence-electron chi connectivity index (χ0n) is 20.0. The van der Waals surface area contributed by atoms with Crippen LogP contribution in [0, 0.1) is 0 Å². The van der Waals surface area contributed by atoms with E-state index in [0.29, 0.717) is 37.2 Å². The molecule has 0 aliphatic carbocycles. The van der Waals surface area contributed by atoms with Crippen LogP contribution in [-0.4, -0.2) is 61.4 Å². The number of nitrogens with zero attached hydrogens (tertiary/aromatic N) is 2. The summed E-state index contributed by atoms with van der Waals surface area (Å²) in [4.78, 5) is 45.9. The topological polar surface area (TPSA) is 129 Å². The Bertz CT molecular complexity index is 863. The van der Waals surface area contributed by atoms with Gasteiger partial charge in [0.2, 0.25) is 6.33 Å². The molecule has 0 fully saturated rings. The van der Waals surface area contributed by atoms with E-state index in [1.807, 2.05) is 27.9 Å². The third kappa shape index (κ3) is 13.0. The number of hydrogen-bond donors (Lipinski definition) is 2. The lowest BCUT2D eigenvalue weighted by atomic mass is 10.3. The number of urea groups is 1. The van der Waals surface area contributed by atoms with Gasteiger partial charge in [-0.1, -0.05) is 13.2 Å². The smallest absolute Gasteiger partial charge is 0.333 e. The maximum atomic E-state index is 11.7. The van der Waals surface area contributed by atoms with Crippen molar-refractivity contribution in [3.63, 3.8) is 0 Å². The molecule has 0 atom stereocenters. The van der Waals surface area contributed by atoms with Gasteiger partial charge in [0.1, 0.15) is 32.2 Å². The normalized spacial score (nSPS) is 10.2. The van der Waals surface area contributed by atoms with Crippen molar-refractivity contribution in [2.45, 2.75) is 46.2 Å². The van der Waals surface area contributed by atoms with Crippen LogP contribution in [0.15, 0.2) is 43.0 Å². The van der Waals surface area contributed by atoms with E-state index in [1.54, 1.807) is 13.8 Å². The highest BCUT2D eigenvalue weighted by Crippen LogP contribution is 1.98. The van der Waals surface area contributed by atoms with E-state index in [9.17, 15) is 19.2 Å². The molecule has 0 spiro atoms. The molecule has 0 saturated carbocycles. The number of carbonyl (C=O) groups excluding carboxylic acids is 4. The summed E-state index contributed by atoms with van der Waals surface area (Å²) in [6.07, 6.45) is 6.95. The van der Waals surface area contributed by atoms with Crippen molar-refractivity contribution in [3.05, 3.63) is 43.0 Å². The van der Waals surface area contributed by atoms with Gasteiger partial charge >= 0.3 is 23.9 Å². The first-order valence-corrected chi connectivity index (χ1v) is 11.1. The average molecular weight is 480 g/mol. The lowest BCUT2D eigenvalue weighted by Crippen LogP contribution is -2.39. The molecule has 1 rings (SSSR count). The van der Waals surface area contributed by atoms with Gasteiger partial charge in [-0.2, -0.15) is 0 Å². The maximum Gasteiger partial charge on any atom is 0.333 e. The second kappa shape index (κ2) is 16.1. The molecule has 0 radical (unpaired) electrons. The SMILES string of the molecule is C=C(C)C(=O)OCCCC(=O)OCCn1cc[n+](CCCNC(=O)NCCOC(=O)C(=C)C)c1. The Labute approximate surface area is 199 Å². The van der Waals surface area contributed by atoms with Gasteiger partial charge in [0.05, 0.1) is 19.7 Å². The zero-order chi connectivity index (χ0) is 25.3. The van der Waals surface area contributed by atoms with Crippen LogP contribution < -0.4 is 15.2 Å². The monoisotopic (exact) mass is 479 g/mol. The molecular formula is C23H35N4O7+. The predicted molar refractivity (Wildman–Crippen MR) is 122 cm³/mol. The Hall–Kier alpha value is -3.63. The third-order valence-corrected chi connectivity index (χ3v) is 4.31. The van der Waals surface area contributed by atoms with Gasteiger partial charge in [-0.15, -0.1) is 0 Å². The first kappa shape index (κ1) is 28.4. The van der Waals surface area contributed by atoms with Crippen molar-refractivity contribution < 1.29 is 38.0 Å². The molecule has 0 bridgehead atoms. The van der Waals surface area contributed by atoms with Crippen LogP contribution in [0.4, 0.5) is 4.79 Å². The Kier molecular flexibility index (Phi) is 13.4. The first-order chi connectivity index (χ1) is 16.2. The summed E-state index contributed by atoms with van der Waals surface area (Å²) in [7, 11) is 0. The van der Waals surface area contributed by atoms with Crippen LogP contribution in [-0.2, 0) is 41.7 Å². The molecule has 2 N–H and O–H groups in total. The van der Waals surface area contributed by atoms with E-state index in [2.05, 4.69) is 23.8 Å². The predicted octanol–water partition coefficient (Wildman–Crippen LogP) is 1.03. The van der Waals surface area contributed by atoms with Crippen molar-refractivity contribution in [1.29, 1.82) is 0 Å². The van der Waals surface area contributed by atoms with Crippen LogP contribution in [0.25, 0.3) is 0 Å². The number of esters is 3. The third-order valence-electron chi connectivity index (χ3n) is 4.31. The van der Waals surface area contributed by atoms with Gasteiger partial charge in [-0.05, 0) is 20.3 Å². The number of aryl methyl sites for hydroxylation is 1. The standard InChI is InChI=1S/C23H34N4O7/c1-18(2)21(29)33-14-5-7-20(28)32-16-13-27-12-11-26(17-27)10-6-8-24-23(31)25-9-15-34-22(30)19(3)4/h11-12,17H,1,3,5-10,13-16H2,2,4H3,(H-,24,25,31)/p+1. The Balaban J connectivity index is 2.08. The van der Waals surface area contributed by atoms with E-state index in [0.717, 1.165) is 6.42 Å². The number of amides is 2. The quantitative estimate of drug-likeness (QED) is 0.119. The molecular weight excluding hydrogens is 444 g/mol. The second-order valence-electron chi connectivity index (χ2n) is 7.58. The number of rotatable bonds is 16. The number of hydrogen-bond acceptors (Lipinski definition) is 7. The molecule has 0 aliphatic rings. The average Bonchev–Trinajstić information content (AvgIpc) is 3.24. The van der Waals surface area contributed by atoms with E-state index in [-0.39, 0.29) is 44.8 Å². The molecule has 188 valence electrons. The molecule has 0 saturated heterocycles. The number of ether oxygens (including phenoxy) is 3. The number of nitrogens with one attached hydrogen (secondary N) is 2. The highest BCUT2D eigenvalue weighted by molar-refractivity contribution is 5.87.